The number of nitrogens with zero attached hydrogens (tertiary/aromatic N) is 4. The zero-order valence-electron chi connectivity index (χ0n) is 15.4. The van der Waals surface area contributed by atoms with Crippen LogP contribution in [0.5, 0.6) is 0 Å². The molecule has 0 unspecified atom stereocenters. The number of rotatable bonds is 6. The lowest BCUT2D eigenvalue weighted by molar-refractivity contribution is -0.385. The molecule has 8 nitrogen and oxygen atoms in total. The first-order valence-electron chi connectivity index (χ1n) is 8.49. The predicted octanol–water partition coefficient (Wildman–Crippen LogP) is 7.29. The molecule has 11 heteroatoms. The van der Waals surface area contributed by atoms with E-state index >= 15 is 0 Å². The highest BCUT2D eigenvalue weighted by Gasteiger charge is 2.12. The van der Waals surface area contributed by atoms with Crippen LogP contribution >= 0.6 is 47.8 Å². The Hall–Kier alpha value is -2.76. The smallest absolute Gasteiger partial charge is 0.258 e. The number of nitro groups is 2. The Kier molecular flexibility index (Phi) is 7.42. The number of hydrogen-bond acceptors (Lipinski definition) is 6. The zero-order chi connectivity index (χ0) is 22.5. The van der Waals surface area contributed by atoms with E-state index in [2.05, 4.69) is 57.8 Å². The lowest BCUT2D eigenvalue weighted by Gasteiger charge is -2.01. The van der Waals surface area contributed by atoms with Crippen molar-refractivity contribution in [2.24, 2.45) is 9.98 Å². The maximum absolute atomic E-state index is 11.1. The van der Waals surface area contributed by atoms with Crippen LogP contribution in [0.2, 0.25) is 0 Å². The van der Waals surface area contributed by atoms with Crippen molar-refractivity contribution in [2.45, 2.75) is 0 Å². The Morgan fingerprint density at radius 3 is 1.48 bits per heavy atom. The van der Waals surface area contributed by atoms with Gasteiger partial charge in [-0.15, -0.1) is 0 Å². The number of hydrogen-bond donors (Lipinski definition) is 0. The summed E-state index contributed by atoms with van der Waals surface area (Å²) in [7, 11) is 0. The lowest BCUT2D eigenvalue weighted by Crippen LogP contribution is -1.91. The summed E-state index contributed by atoms with van der Waals surface area (Å²) in [5.74, 6) is 0. The second-order valence-corrected chi connectivity index (χ2v) is 8.74. The molecule has 0 aliphatic rings. The average molecular weight is 611 g/mol. The van der Waals surface area contributed by atoms with E-state index in [9.17, 15) is 20.2 Å². The molecule has 0 radical (unpaired) electrons. The van der Waals surface area contributed by atoms with Crippen LogP contribution in [-0.4, -0.2) is 22.3 Å². The van der Waals surface area contributed by atoms with Crippen LogP contribution in [0.3, 0.4) is 0 Å². The van der Waals surface area contributed by atoms with Gasteiger partial charge in [-0.25, -0.2) is 0 Å². The van der Waals surface area contributed by atoms with Crippen LogP contribution in [0.25, 0.3) is 0 Å². The summed E-state index contributed by atoms with van der Waals surface area (Å²) >= 11 is 9.71. The first-order valence-corrected chi connectivity index (χ1v) is 10.9. The first-order chi connectivity index (χ1) is 14.7. The fraction of sp³-hybridized carbons (Fsp3) is 0. The van der Waals surface area contributed by atoms with Crippen molar-refractivity contribution in [2.75, 3.05) is 0 Å². The molecule has 0 aliphatic heterocycles. The highest BCUT2D eigenvalue weighted by Crippen LogP contribution is 2.29. The summed E-state index contributed by atoms with van der Waals surface area (Å²) in [6.45, 7) is 0. The Bertz CT molecular complexity index is 1150. The van der Waals surface area contributed by atoms with Gasteiger partial charge in [-0.1, -0.05) is 28.1 Å². The number of aliphatic imine (C=N–C) groups is 2. The second kappa shape index (κ2) is 10.0. The van der Waals surface area contributed by atoms with Crippen LogP contribution in [0.4, 0.5) is 22.7 Å². The Labute approximate surface area is 201 Å². The van der Waals surface area contributed by atoms with E-state index in [-0.39, 0.29) is 11.4 Å². The Morgan fingerprint density at radius 1 is 0.677 bits per heavy atom. The molecule has 0 amide bonds. The van der Waals surface area contributed by atoms with Crippen LogP contribution in [0.15, 0.2) is 78.0 Å². The van der Waals surface area contributed by atoms with E-state index in [0.717, 1.165) is 4.47 Å². The monoisotopic (exact) mass is 608 g/mol. The molecule has 0 saturated heterocycles. The molecule has 31 heavy (non-hydrogen) atoms. The van der Waals surface area contributed by atoms with Gasteiger partial charge in [0.25, 0.3) is 11.4 Å². The second-order valence-electron chi connectivity index (χ2n) is 6.12. The minimum absolute atomic E-state index is 0.0490. The molecule has 3 aromatic rings. The third-order valence-electron chi connectivity index (χ3n) is 3.93. The van der Waals surface area contributed by atoms with Crippen molar-refractivity contribution in [1.29, 1.82) is 0 Å². The van der Waals surface area contributed by atoms with Gasteiger partial charge in [0.05, 0.1) is 30.2 Å². The van der Waals surface area contributed by atoms with Gasteiger partial charge in [0.15, 0.2) is 0 Å². The molecule has 156 valence electrons. The van der Waals surface area contributed by atoms with Crippen molar-refractivity contribution in [3.8, 4) is 0 Å². The van der Waals surface area contributed by atoms with Crippen molar-refractivity contribution >= 4 is 83.0 Å². The van der Waals surface area contributed by atoms with Gasteiger partial charge >= 0.3 is 0 Å². The van der Waals surface area contributed by atoms with Gasteiger partial charge in [0, 0.05) is 29.0 Å². The van der Waals surface area contributed by atoms with Gasteiger partial charge in [0.2, 0.25) is 0 Å². The van der Waals surface area contributed by atoms with Crippen molar-refractivity contribution in [3.05, 3.63) is 99.4 Å². The Balaban J connectivity index is 1.86. The predicted molar refractivity (Wildman–Crippen MR) is 130 cm³/mol. The average Bonchev–Trinajstić information content (AvgIpc) is 2.71. The van der Waals surface area contributed by atoms with Gasteiger partial charge in [-0.05, 0) is 73.3 Å². The highest BCUT2D eigenvalue weighted by molar-refractivity contribution is 9.11. The molecule has 0 atom stereocenters. The molecule has 3 aromatic carbocycles. The normalized spacial score (nSPS) is 11.3. The molecule has 0 aromatic heterocycles. The van der Waals surface area contributed by atoms with Crippen molar-refractivity contribution in [3.63, 3.8) is 0 Å². The molecular formula is C20H11Br3N4O4. The third-order valence-corrected chi connectivity index (χ3v) is 5.73. The van der Waals surface area contributed by atoms with Crippen LogP contribution in [-0.2, 0) is 0 Å². The molecule has 0 spiro atoms. The van der Waals surface area contributed by atoms with E-state index in [0.29, 0.717) is 31.4 Å². The highest BCUT2D eigenvalue weighted by atomic mass is 79.9. The minimum Gasteiger partial charge on any atom is -0.258 e. The van der Waals surface area contributed by atoms with Crippen LogP contribution < -0.4 is 0 Å². The van der Waals surface area contributed by atoms with Crippen molar-refractivity contribution < 1.29 is 9.85 Å². The van der Waals surface area contributed by atoms with E-state index in [1.54, 1.807) is 42.5 Å². The summed E-state index contributed by atoms with van der Waals surface area (Å²) in [6.07, 6.45) is 3.04. The SMILES string of the molecule is O=[N+]([O-])c1cc(C=Nc2cc(Br)cc(N=Cc3ccc(Br)c([N+](=O)[O-])c3)c2)ccc1Br. The Morgan fingerprint density at radius 2 is 1.10 bits per heavy atom. The van der Waals surface area contributed by atoms with Crippen molar-refractivity contribution in [1.82, 2.24) is 0 Å². The third kappa shape index (κ3) is 6.12. The van der Waals surface area contributed by atoms with Gasteiger partial charge < -0.3 is 0 Å². The van der Waals surface area contributed by atoms with Gasteiger partial charge in [-0.3, -0.25) is 30.2 Å². The maximum atomic E-state index is 11.1. The maximum Gasteiger partial charge on any atom is 0.284 e. The summed E-state index contributed by atoms with van der Waals surface area (Å²) in [6, 6.07) is 14.7. The standard InChI is InChI=1S/C20H11Br3N4O4/c21-14-7-15(24-10-12-1-3-17(22)19(5-12)26(28)29)9-16(8-14)25-11-13-2-4-18(23)20(6-13)27(30)31/h1-11H. The van der Waals surface area contributed by atoms with E-state index < -0.39 is 9.85 Å². The number of benzene rings is 3. The molecular weight excluding hydrogens is 600 g/mol. The largest absolute Gasteiger partial charge is 0.284 e. The fourth-order valence-electron chi connectivity index (χ4n) is 2.51. The quantitative estimate of drug-likeness (QED) is 0.166. The van der Waals surface area contributed by atoms with E-state index in [4.69, 9.17) is 0 Å². The molecule has 0 saturated carbocycles. The van der Waals surface area contributed by atoms with Crippen LogP contribution in [0.1, 0.15) is 11.1 Å². The van der Waals surface area contributed by atoms with E-state index in [1.165, 1.54) is 24.6 Å². The number of halogens is 3. The molecule has 3 rings (SSSR count). The molecule has 0 aliphatic carbocycles. The fourth-order valence-corrected chi connectivity index (χ4v) is 3.76. The van der Waals surface area contributed by atoms with Gasteiger partial charge in [-0.2, -0.15) is 0 Å². The number of nitro benzene ring substituents is 2. The lowest BCUT2D eigenvalue weighted by atomic mass is 10.2. The summed E-state index contributed by atoms with van der Waals surface area (Å²) in [5.41, 5.74) is 2.20. The molecule has 0 N–H and O–H groups in total. The first kappa shape index (κ1) is 22.9. The van der Waals surface area contributed by atoms with E-state index in [1.807, 2.05) is 0 Å². The summed E-state index contributed by atoms with van der Waals surface area (Å²) < 4.78 is 1.52. The zero-order valence-corrected chi connectivity index (χ0v) is 20.2. The summed E-state index contributed by atoms with van der Waals surface area (Å²) in [5, 5.41) is 22.1. The molecule has 0 heterocycles. The molecule has 0 fully saturated rings. The minimum atomic E-state index is -0.472. The van der Waals surface area contributed by atoms with Crippen LogP contribution in [0, 0.1) is 20.2 Å². The summed E-state index contributed by atoms with van der Waals surface area (Å²) in [4.78, 5) is 29.9. The van der Waals surface area contributed by atoms with Gasteiger partial charge in [0.1, 0.15) is 0 Å². The topological polar surface area (TPSA) is 111 Å². The molecule has 0 bridgehead atoms.